The number of hydrogen-bond donors (Lipinski definition) is 1. The van der Waals surface area contributed by atoms with E-state index >= 15 is 0 Å². The minimum atomic E-state index is -0.483. The summed E-state index contributed by atoms with van der Waals surface area (Å²) in [4.78, 5) is 12.8. The van der Waals surface area contributed by atoms with Crippen molar-refractivity contribution in [2.75, 3.05) is 6.54 Å². The first-order chi connectivity index (χ1) is 6.89. The Balaban J connectivity index is 2.31. The topological polar surface area (TPSA) is 29.1 Å². The smallest absolute Gasteiger partial charge is 0.236 e. The molecule has 0 aliphatic carbocycles. The van der Waals surface area contributed by atoms with Crippen LogP contribution in [0.5, 0.6) is 0 Å². The van der Waals surface area contributed by atoms with Gasteiger partial charge in [-0.3, -0.25) is 4.79 Å². The number of rotatable bonds is 4. The van der Waals surface area contributed by atoms with Gasteiger partial charge in [0.25, 0.3) is 0 Å². The van der Waals surface area contributed by atoms with E-state index in [0.29, 0.717) is 6.54 Å². The lowest BCUT2D eigenvalue weighted by Crippen LogP contribution is -2.38. The first-order valence-electron chi connectivity index (χ1n) is 4.61. The van der Waals surface area contributed by atoms with Gasteiger partial charge in [0.05, 0.1) is 8.11 Å². The van der Waals surface area contributed by atoms with Gasteiger partial charge in [-0.25, -0.2) is 0 Å². The van der Waals surface area contributed by atoms with Crippen LogP contribution in [0.2, 0.25) is 0 Å². The van der Waals surface area contributed by atoms with Gasteiger partial charge in [-0.2, -0.15) is 0 Å². The largest absolute Gasteiger partial charge is 0.355 e. The van der Waals surface area contributed by atoms with Gasteiger partial charge in [0.1, 0.15) is 0 Å². The zero-order valence-electron chi connectivity index (χ0n) is 8.64. The number of carbonyl (C=O) groups is 1. The third kappa shape index (κ3) is 4.66. The molecular weight excluding hydrogens is 342 g/mol. The SMILES string of the molecule is CC(C)(Br)C(=O)NCCc1ccc(Br)s1. The van der Waals surface area contributed by atoms with Gasteiger partial charge in [-0.15, -0.1) is 11.3 Å². The normalized spacial score (nSPS) is 11.5. The van der Waals surface area contributed by atoms with E-state index in [1.165, 1.54) is 4.88 Å². The molecule has 1 aromatic heterocycles. The van der Waals surface area contributed by atoms with Gasteiger partial charge < -0.3 is 5.32 Å². The summed E-state index contributed by atoms with van der Waals surface area (Å²) in [6.07, 6.45) is 0.880. The fraction of sp³-hybridized carbons (Fsp3) is 0.500. The number of alkyl halides is 1. The van der Waals surface area contributed by atoms with Crippen molar-refractivity contribution in [3.05, 3.63) is 20.8 Å². The Hall–Kier alpha value is 0.130. The molecule has 0 spiro atoms. The van der Waals surface area contributed by atoms with Crippen molar-refractivity contribution in [1.29, 1.82) is 0 Å². The van der Waals surface area contributed by atoms with Crippen molar-refractivity contribution < 1.29 is 4.79 Å². The van der Waals surface area contributed by atoms with E-state index in [1.54, 1.807) is 11.3 Å². The molecule has 1 aromatic rings. The van der Waals surface area contributed by atoms with Crippen molar-refractivity contribution in [2.24, 2.45) is 0 Å². The zero-order valence-corrected chi connectivity index (χ0v) is 12.6. The van der Waals surface area contributed by atoms with E-state index < -0.39 is 4.32 Å². The molecule has 0 aromatic carbocycles. The Labute approximate surface area is 111 Å². The molecule has 0 aliphatic heterocycles. The first-order valence-corrected chi connectivity index (χ1v) is 7.01. The highest BCUT2D eigenvalue weighted by Crippen LogP contribution is 2.22. The Morgan fingerprint density at radius 3 is 2.67 bits per heavy atom. The summed E-state index contributed by atoms with van der Waals surface area (Å²) in [5.74, 6) is 0.0260. The zero-order chi connectivity index (χ0) is 11.5. The Morgan fingerprint density at radius 1 is 1.53 bits per heavy atom. The molecule has 0 atom stereocenters. The minimum Gasteiger partial charge on any atom is -0.355 e. The average molecular weight is 355 g/mol. The average Bonchev–Trinajstić information content (AvgIpc) is 2.49. The maximum atomic E-state index is 11.5. The molecule has 1 N–H and O–H groups in total. The number of amides is 1. The molecule has 2 nitrogen and oxygen atoms in total. The molecule has 0 radical (unpaired) electrons. The predicted octanol–water partition coefficient (Wildman–Crippen LogP) is 3.34. The fourth-order valence-electron chi connectivity index (χ4n) is 0.996. The summed E-state index contributed by atoms with van der Waals surface area (Å²) in [5.41, 5.74) is 0. The van der Waals surface area contributed by atoms with Crippen molar-refractivity contribution in [3.8, 4) is 0 Å². The predicted molar refractivity (Wildman–Crippen MR) is 71.7 cm³/mol. The van der Waals surface area contributed by atoms with Gasteiger partial charge >= 0.3 is 0 Å². The van der Waals surface area contributed by atoms with E-state index in [4.69, 9.17) is 0 Å². The monoisotopic (exact) mass is 353 g/mol. The van der Waals surface area contributed by atoms with E-state index in [9.17, 15) is 4.79 Å². The summed E-state index contributed by atoms with van der Waals surface area (Å²) < 4.78 is 0.646. The number of carbonyl (C=O) groups excluding carboxylic acids is 1. The molecule has 15 heavy (non-hydrogen) atoms. The highest BCUT2D eigenvalue weighted by Gasteiger charge is 2.22. The van der Waals surface area contributed by atoms with Crippen LogP contribution in [0.1, 0.15) is 18.7 Å². The number of thiophene rings is 1. The van der Waals surface area contributed by atoms with Crippen molar-refractivity contribution in [2.45, 2.75) is 24.6 Å². The molecule has 1 amide bonds. The van der Waals surface area contributed by atoms with Crippen LogP contribution in [0, 0.1) is 0 Å². The number of nitrogens with one attached hydrogen (secondary N) is 1. The van der Waals surface area contributed by atoms with Crippen LogP contribution in [0.15, 0.2) is 15.9 Å². The highest BCUT2D eigenvalue weighted by molar-refractivity contribution is 9.11. The van der Waals surface area contributed by atoms with E-state index in [-0.39, 0.29) is 5.91 Å². The molecule has 84 valence electrons. The highest BCUT2D eigenvalue weighted by atomic mass is 79.9. The van der Waals surface area contributed by atoms with E-state index in [1.807, 2.05) is 19.9 Å². The van der Waals surface area contributed by atoms with Crippen LogP contribution >= 0.6 is 43.2 Å². The van der Waals surface area contributed by atoms with Gasteiger partial charge in [0, 0.05) is 11.4 Å². The lowest BCUT2D eigenvalue weighted by atomic mass is 10.2. The second-order valence-electron chi connectivity index (χ2n) is 3.68. The van der Waals surface area contributed by atoms with Crippen LogP contribution < -0.4 is 5.32 Å². The maximum absolute atomic E-state index is 11.5. The fourth-order valence-corrected chi connectivity index (χ4v) is 2.62. The first kappa shape index (κ1) is 13.2. The van der Waals surface area contributed by atoms with Crippen molar-refractivity contribution in [1.82, 2.24) is 5.32 Å². The Bertz CT molecular complexity index is 343. The molecule has 0 saturated heterocycles. The van der Waals surface area contributed by atoms with Crippen LogP contribution in [0.25, 0.3) is 0 Å². The van der Waals surface area contributed by atoms with Gasteiger partial charge in [-0.1, -0.05) is 15.9 Å². The standard InChI is InChI=1S/C10H13Br2NOS/c1-10(2,12)9(14)13-6-5-7-3-4-8(11)15-7/h3-4H,5-6H2,1-2H3,(H,13,14). The molecule has 0 bridgehead atoms. The van der Waals surface area contributed by atoms with Crippen LogP contribution in [0.4, 0.5) is 0 Å². The molecular formula is C10H13Br2NOS. The summed E-state index contributed by atoms with van der Waals surface area (Å²) in [6.45, 7) is 4.36. The number of halogens is 2. The molecule has 5 heteroatoms. The minimum absolute atomic E-state index is 0.0260. The van der Waals surface area contributed by atoms with Crippen molar-refractivity contribution in [3.63, 3.8) is 0 Å². The Morgan fingerprint density at radius 2 is 2.20 bits per heavy atom. The van der Waals surface area contributed by atoms with Crippen LogP contribution in [0.3, 0.4) is 0 Å². The lowest BCUT2D eigenvalue weighted by Gasteiger charge is -2.15. The van der Waals surface area contributed by atoms with E-state index in [2.05, 4.69) is 43.2 Å². The molecule has 1 heterocycles. The summed E-state index contributed by atoms with van der Waals surface area (Å²) >= 11 is 8.43. The van der Waals surface area contributed by atoms with Crippen molar-refractivity contribution >= 4 is 49.1 Å². The third-order valence-corrected chi connectivity index (χ3v) is 3.87. The second kappa shape index (κ2) is 5.46. The lowest BCUT2D eigenvalue weighted by molar-refractivity contribution is -0.122. The second-order valence-corrected chi connectivity index (χ2v) is 8.21. The van der Waals surface area contributed by atoms with Gasteiger partial charge in [-0.05, 0) is 48.3 Å². The molecule has 0 unspecified atom stereocenters. The number of hydrogen-bond acceptors (Lipinski definition) is 2. The summed E-state index contributed by atoms with van der Waals surface area (Å²) in [6, 6.07) is 4.09. The molecule has 0 fully saturated rings. The van der Waals surface area contributed by atoms with Crippen LogP contribution in [-0.4, -0.2) is 16.8 Å². The molecule has 0 aliphatic rings. The third-order valence-electron chi connectivity index (χ3n) is 1.83. The quantitative estimate of drug-likeness (QED) is 0.825. The summed E-state index contributed by atoms with van der Waals surface area (Å²) in [5, 5.41) is 2.89. The van der Waals surface area contributed by atoms with Crippen LogP contribution in [-0.2, 0) is 11.2 Å². The Kier molecular flexibility index (Phi) is 4.80. The van der Waals surface area contributed by atoms with E-state index in [0.717, 1.165) is 10.2 Å². The van der Waals surface area contributed by atoms with Gasteiger partial charge in [0.15, 0.2) is 0 Å². The van der Waals surface area contributed by atoms with Gasteiger partial charge in [0.2, 0.25) is 5.91 Å². The summed E-state index contributed by atoms with van der Waals surface area (Å²) in [7, 11) is 0. The maximum Gasteiger partial charge on any atom is 0.236 e. The molecule has 0 saturated carbocycles. The molecule has 1 rings (SSSR count).